The van der Waals surface area contributed by atoms with Gasteiger partial charge in [-0.05, 0) is 52.9 Å². The van der Waals surface area contributed by atoms with Crippen LogP contribution in [0.5, 0.6) is 0 Å². The van der Waals surface area contributed by atoms with E-state index >= 15 is 0 Å². The van der Waals surface area contributed by atoms with Crippen molar-refractivity contribution in [2.45, 2.75) is 6.42 Å². The van der Waals surface area contributed by atoms with Gasteiger partial charge in [-0.15, -0.1) is 0 Å². The summed E-state index contributed by atoms with van der Waals surface area (Å²) in [5.41, 5.74) is 6.66. The van der Waals surface area contributed by atoms with E-state index < -0.39 is 0 Å². The molecule has 0 amide bonds. The Morgan fingerprint density at radius 2 is 0.828 bits per heavy atom. The van der Waals surface area contributed by atoms with Gasteiger partial charge >= 0.3 is 0 Å². The zero-order chi connectivity index (χ0) is 19.7. The lowest BCUT2D eigenvalue weighted by Gasteiger charge is -2.03. The predicted octanol–water partition coefficient (Wildman–Crippen LogP) is 6.78. The summed E-state index contributed by atoms with van der Waals surface area (Å²) in [6.07, 6.45) is 4.68. The average molecular weight is 374 g/mol. The van der Waals surface area contributed by atoms with E-state index in [1.54, 1.807) is 0 Å². The number of hydrogen-bond acceptors (Lipinski definition) is 2. The minimum absolute atomic E-state index is 0.894. The second-order valence-corrected chi connectivity index (χ2v) is 6.85. The standard InChI is InChI=1S/C27H22N2/c1-3-7-24(8-4-1)20-28-26-15-11-22(12-16-26)19-23-13-17-27(18-14-23)29-21-25-9-5-2-6-10-25/h1-18,20-21H,19H2/b28-20+,29-21+. The summed E-state index contributed by atoms with van der Waals surface area (Å²) in [5, 5.41) is 0. The van der Waals surface area contributed by atoms with Crippen LogP contribution in [0.25, 0.3) is 0 Å². The number of benzene rings is 4. The van der Waals surface area contributed by atoms with Crippen molar-refractivity contribution in [3.8, 4) is 0 Å². The summed E-state index contributed by atoms with van der Waals surface area (Å²) in [6.45, 7) is 0. The van der Waals surface area contributed by atoms with E-state index in [4.69, 9.17) is 0 Å². The van der Waals surface area contributed by atoms with Gasteiger partial charge in [0, 0.05) is 12.4 Å². The fraction of sp³-hybridized carbons (Fsp3) is 0.0370. The van der Waals surface area contributed by atoms with Crippen LogP contribution in [0, 0.1) is 0 Å². The minimum Gasteiger partial charge on any atom is -0.256 e. The van der Waals surface area contributed by atoms with Crippen molar-refractivity contribution in [3.63, 3.8) is 0 Å². The first-order chi connectivity index (χ1) is 14.3. The van der Waals surface area contributed by atoms with Gasteiger partial charge in [-0.3, -0.25) is 9.98 Å². The molecular formula is C27H22N2. The van der Waals surface area contributed by atoms with E-state index in [1.165, 1.54) is 11.1 Å². The van der Waals surface area contributed by atoms with Crippen LogP contribution in [-0.4, -0.2) is 12.4 Å². The molecule has 0 aliphatic heterocycles. The third-order valence-electron chi connectivity index (χ3n) is 4.61. The van der Waals surface area contributed by atoms with Crippen LogP contribution >= 0.6 is 0 Å². The van der Waals surface area contributed by atoms with E-state index in [0.29, 0.717) is 0 Å². The topological polar surface area (TPSA) is 24.7 Å². The fourth-order valence-electron chi connectivity index (χ4n) is 3.01. The summed E-state index contributed by atoms with van der Waals surface area (Å²) < 4.78 is 0. The molecule has 0 aromatic heterocycles. The first-order valence-electron chi connectivity index (χ1n) is 9.71. The van der Waals surface area contributed by atoms with E-state index in [9.17, 15) is 0 Å². The molecule has 2 heteroatoms. The number of nitrogens with zero attached hydrogens (tertiary/aromatic N) is 2. The van der Waals surface area contributed by atoms with Crippen LogP contribution < -0.4 is 0 Å². The van der Waals surface area contributed by atoms with Crippen molar-refractivity contribution in [1.29, 1.82) is 0 Å². The van der Waals surface area contributed by atoms with Gasteiger partial charge in [-0.25, -0.2) is 0 Å². The van der Waals surface area contributed by atoms with Crippen molar-refractivity contribution >= 4 is 23.8 Å². The van der Waals surface area contributed by atoms with Crippen molar-refractivity contribution < 1.29 is 0 Å². The molecule has 0 heterocycles. The second-order valence-electron chi connectivity index (χ2n) is 6.85. The summed E-state index contributed by atoms with van der Waals surface area (Å²) in [6, 6.07) is 37.1. The Kier molecular flexibility index (Phi) is 6.04. The number of hydrogen-bond donors (Lipinski definition) is 0. The zero-order valence-corrected chi connectivity index (χ0v) is 16.1. The maximum atomic E-state index is 4.54. The fourth-order valence-corrected chi connectivity index (χ4v) is 3.01. The van der Waals surface area contributed by atoms with Gasteiger partial charge in [0.15, 0.2) is 0 Å². The van der Waals surface area contributed by atoms with Gasteiger partial charge in [0.05, 0.1) is 11.4 Å². The Bertz CT molecular complexity index is 988. The number of rotatable bonds is 6. The minimum atomic E-state index is 0.894. The van der Waals surface area contributed by atoms with Crippen LogP contribution in [0.1, 0.15) is 22.3 Å². The molecule has 0 aliphatic carbocycles. The molecule has 4 aromatic carbocycles. The molecule has 0 bridgehead atoms. The van der Waals surface area contributed by atoms with Gasteiger partial charge in [-0.2, -0.15) is 0 Å². The molecule has 0 fully saturated rings. The van der Waals surface area contributed by atoms with Crippen molar-refractivity contribution in [2.24, 2.45) is 9.98 Å². The van der Waals surface area contributed by atoms with E-state index in [1.807, 2.05) is 73.1 Å². The Hall–Kier alpha value is -3.78. The Balaban J connectivity index is 1.36. The summed E-state index contributed by atoms with van der Waals surface area (Å²) >= 11 is 0. The Morgan fingerprint density at radius 3 is 1.21 bits per heavy atom. The molecule has 140 valence electrons. The quantitative estimate of drug-likeness (QED) is 0.332. The molecule has 4 aromatic rings. The third-order valence-corrected chi connectivity index (χ3v) is 4.61. The molecular weight excluding hydrogens is 352 g/mol. The van der Waals surface area contributed by atoms with Gasteiger partial charge in [-0.1, -0.05) is 84.9 Å². The lowest BCUT2D eigenvalue weighted by Crippen LogP contribution is -1.87. The highest BCUT2D eigenvalue weighted by molar-refractivity contribution is 5.82. The SMILES string of the molecule is C(=N\c1ccc(Cc2ccc(/N=C/c3ccccc3)cc2)cc1)/c1ccccc1. The predicted molar refractivity (Wildman–Crippen MR) is 123 cm³/mol. The van der Waals surface area contributed by atoms with Crippen molar-refractivity contribution in [2.75, 3.05) is 0 Å². The molecule has 4 rings (SSSR count). The molecule has 29 heavy (non-hydrogen) atoms. The Labute approximate surface area is 171 Å². The second kappa shape index (κ2) is 9.43. The van der Waals surface area contributed by atoms with Gasteiger partial charge in [0.2, 0.25) is 0 Å². The average Bonchev–Trinajstić information content (AvgIpc) is 2.80. The van der Waals surface area contributed by atoms with Crippen LogP contribution in [0.4, 0.5) is 11.4 Å². The first kappa shape index (κ1) is 18.6. The lowest BCUT2D eigenvalue weighted by molar-refractivity contribution is 1.19. The molecule has 0 spiro atoms. The molecule has 0 saturated carbocycles. The van der Waals surface area contributed by atoms with Crippen molar-refractivity contribution in [1.82, 2.24) is 0 Å². The summed E-state index contributed by atoms with van der Waals surface area (Å²) in [4.78, 5) is 9.08. The molecule has 0 radical (unpaired) electrons. The Morgan fingerprint density at radius 1 is 0.448 bits per heavy atom. The monoisotopic (exact) mass is 374 g/mol. The summed E-state index contributed by atoms with van der Waals surface area (Å²) in [7, 11) is 0. The first-order valence-corrected chi connectivity index (χ1v) is 9.71. The molecule has 0 aliphatic rings. The molecule has 0 unspecified atom stereocenters. The maximum Gasteiger partial charge on any atom is 0.0630 e. The summed E-state index contributed by atoms with van der Waals surface area (Å²) in [5.74, 6) is 0. The molecule has 0 N–H and O–H groups in total. The van der Waals surface area contributed by atoms with E-state index in [-0.39, 0.29) is 0 Å². The molecule has 2 nitrogen and oxygen atoms in total. The van der Waals surface area contributed by atoms with Gasteiger partial charge in [0.25, 0.3) is 0 Å². The highest BCUT2D eigenvalue weighted by Gasteiger charge is 1.98. The highest BCUT2D eigenvalue weighted by Crippen LogP contribution is 2.18. The van der Waals surface area contributed by atoms with E-state index in [0.717, 1.165) is 28.9 Å². The molecule has 0 saturated heterocycles. The molecule has 0 atom stereocenters. The largest absolute Gasteiger partial charge is 0.256 e. The lowest BCUT2D eigenvalue weighted by atomic mass is 10.0. The smallest absolute Gasteiger partial charge is 0.0630 e. The maximum absolute atomic E-state index is 4.54. The van der Waals surface area contributed by atoms with Crippen LogP contribution in [-0.2, 0) is 6.42 Å². The third kappa shape index (κ3) is 5.60. The van der Waals surface area contributed by atoms with Crippen LogP contribution in [0.2, 0.25) is 0 Å². The van der Waals surface area contributed by atoms with E-state index in [2.05, 4.69) is 58.5 Å². The van der Waals surface area contributed by atoms with Gasteiger partial charge in [0.1, 0.15) is 0 Å². The van der Waals surface area contributed by atoms with Crippen LogP contribution in [0.3, 0.4) is 0 Å². The van der Waals surface area contributed by atoms with Crippen LogP contribution in [0.15, 0.2) is 119 Å². The normalized spacial score (nSPS) is 11.3. The highest BCUT2D eigenvalue weighted by atomic mass is 14.7. The van der Waals surface area contributed by atoms with Crippen molar-refractivity contribution in [3.05, 3.63) is 131 Å². The van der Waals surface area contributed by atoms with Gasteiger partial charge < -0.3 is 0 Å². The zero-order valence-electron chi connectivity index (χ0n) is 16.1. The number of aliphatic imine (C=N–C) groups is 2.